The number of para-hydroxylation sites is 2. The highest BCUT2D eigenvalue weighted by molar-refractivity contribution is 5.98. The van der Waals surface area contributed by atoms with Gasteiger partial charge in [-0.15, -0.1) is 0 Å². The summed E-state index contributed by atoms with van der Waals surface area (Å²) in [5.74, 6) is 0.170. The minimum Gasteiger partial charge on any atom is -0.362 e. The van der Waals surface area contributed by atoms with Gasteiger partial charge < -0.3 is 9.80 Å². The van der Waals surface area contributed by atoms with Gasteiger partial charge in [-0.05, 0) is 44.0 Å². The van der Waals surface area contributed by atoms with E-state index in [1.54, 1.807) is 0 Å². The van der Waals surface area contributed by atoms with Crippen LogP contribution in [-0.2, 0) is 11.2 Å². The fraction of sp³-hybridized carbons (Fsp3) is 0.316. The number of likely N-dealkylation sites (N-methyl/N-ethyl adjacent to an activating group) is 1. The van der Waals surface area contributed by atoms with Crippen molar-refractivity contribution in [2.75, 3.05) is 22.9 Å². The molecule has 0 fully saturated rings. The minimum absolute atomic E-state index is 0.170. The van der Waals surface area contributed by atoms with E-state index < -0.39 is 0 Å². The second-order valence-corrected chi connectivity index (χ2v) is 5.80. The normalized spacial score (nSPS) is 16.5. The summed E-state index contributed by atoms with van der Waals surface area (Å²) in [5.41, 5.74) is 3.44. The average molecular weight is 294 g/mol. The van der Waals surface area contributed by atoms with Gasteiger partial charge in [0, 0.05) is 24.0 Å². The molecule has 0 spiro atoms. The van der Waals surface area contributed by atoms with Crippen molar-refractivity contribution >= 4 is 17.3 Å². The van der Waals surface area contributed by atoms with Crippen LogP contribution in [0.25, 0.3) is 0 Å². The van der Waals surface area contributed by atoms with Gasteiger partial charge in [-0.2, -0.15) is 0 Å². The van der Waals surface area contributed by atoms with Gasteiger partial charge in [0.25, 0.3) is 0 Å². The predicted octanol–water partition coefficient (Wildman–Crippen LogP) is 3.49. The van der Waals surface area contributed by atoms with Crippen LogP contribution in [0.3, 0.4) is 0 Å². The summed E-state index contributed by atoms with van der Waals surface area (Å²) in [6, 6.07) is 18.6. The Morgan fingerprint density at radius 1 is 1.14 bits per heavy atom. The number of benzene rings is 2. The van der Waals surface area contributed by atoms with E-state index in [1.807, 2.05) is 35.2 Å². The lowest BCUT2D eigenvalue weighted by molar-refractivity contribution is -0.117. The Labute approximate surface area is 132 Å². The van der Waals surface area contributed by atoms with E-state index in [4.69, 9.17) is 0 Å². The molecule has 0 aliphatic carbocycles. The molecule has 3 rings (SSSR count). The Morgan fingerprint density at radius 2 is 1.82 bits per heavy atom. The first-order valence-corrected chi connectivity index (χ1v) is 7.90. The topological polar surface area (TPSA) is 23.6 Å². The summed E-state index contributed by atoms with van der Waals surface area (Å²) < 4.78 is 0. The van der Waals surface area contributed by atoms with Crippen LogP contribution in [-0.4, -0.2) is 25.0 Å². The third kappa shape index (κ3) is 2.71. The Bertz CT molecular complexity index is 653. The number of amides is 1. The molecule has 1 heterocycles. The Hall–Kier alpha value is -2.29. The van der Waals surface area contributed by atoms with Gasteiger partial charge in [0.2, 0.25) is 5.91 Å². The van der Waals surface area contributed by atoms with E-state index >= 15 is 0 Å². The highest BCUT2D eigenvalue weighted by atomic mass is 16.2. The standard InChI is InChI=1S/C19H22N2O/c1-3-20(17-10-5-4-6-11-17)14-19(22)21-15(2)13-16-9-7-8-12-18(16)21/h4-12,15H,3,13-14H2,1-2H3. The van der Waals surface area contributed by atoms with E-state index in [1.165, 1.54) is 5.56 Å². The SMILES string of the molecule is CCN(CC(=O)N1c2ccccc2CC1C)c1ccccc1. The molecule has 0 radical (unpaired) electrons. The van der Waals surface area contributed by atoms with Crippen LogP contribution in [0.1, 0.15) is 19.4 Å². The number of carbonyl (C=O) groups is 1. The predicted molar refractivity (Wildman–Crippen MR) is 91.4 cm³/mol. The van der Waals surface area contributed by atoms with Crippen molar-refractivity contribution in [3.05, 3.63) is 60.2 Å². The van der Waals surface area contributed by atoms with Gasteiger partial charge in [0.15, 0.2) is 0 Å². The second kappa shape index (κ2) is 6.22. The quantitative estimate of drug-likeness (QED) is 0.862. The molecule has 0 aromatic heterocycles. The molecule has 3 nitrogen and oxygen atoms in total. The summed E-state index contributed by atoms with van der Waals surface area (Å²) >= 11 is 0. The molecule has 2 aromatic rings. The summed E-state index contributed by atoms with van der Waals surface area (Å²) in [6.07, 6.45) is 0.944. The van der Waals surface area contributed by atoms with E-state index in [0.717, 1.165) is 24.3 Å². The van der Waals surface area contributed by atoms with Crippen molar-refractivity contribution in [3.8, 4) is 0 Å². The lowest BCUT2D eigenvalue weighted by atomic mass is 10.1. The Kier molecular flexibility index (Phi) is 4.14. The molecule has 0 bridgehead atoms. The van der Waals surface area contributed by atoms with Gasteiger partial charge >= 0.3 is 0 Å². The molecule has 22 heavy (non-hydrogen) atoms. The molecular weight excluding hydrogens is 272 g/mol. The molecule has 0 N–H and O–H groups in total. The van der Waals surface area contributed by atoms with Gasteiger partial charge in [-0.3, -0.25) is 4.79 Å². The van der Waals surface area contributed by atoms with E-state index in [0.29, 0.717) is 6.54 Å². The van der Waals surface area contributed by atoms with Crippen LogP contribution in [0.5, 0.6) is 0 Å². The number of anilines is 2. The van der Waals surface area contributed by atoms with Crippen molar-refractivity contribution in [2.45, 2.75) is 26.3 Å². The number of nitrogens with zero attached hydrogens (tertiary/aromatic N) is 2. The molecule has 1 amide bonds. The molecular formula is C19H22N2O. The van der Waals surface area contributed by atoms with Gasteiger partial charge in [0.1, 0.15) is 0 Å². The molecule has 1 atom stereocenters. The fourth-order valence-electron chi connectivity index (χ4n) is 3.21. The van der Waals surface area contributed by atoms with Crippen molar-refractivity contribution in [1.82, 2.24) is 0 Å². The third-order valence-electron chi connectivity index (χ3n) is 4.31. The zero-order valence-electron chi connectivity index (χ0n) is 13.2. The molecule has 1 aliphatic heterocycles. The van der Waals surface area contributed by atoms with Crippen molar-refractivity contribution in [1.29, 1.82) is 0 Å². The third-order valence-corrected chi connectivity index (χ3v) is 4.31. The lowest BCUT2D eigenvalue weighted by Crippen LogP contribution is -2.43. The van der Waals surface area contributed by atoms with Gasteiger partial charge in [-0.1, -0.05) is 36.4 Å². The van der Waals surface area contributed by atoms with Crippen LogP contribution in [0, 0.1) is 0 Å². The zero-order valence-corrected chi connectivity index (χ0v) is 13.2. The molecule has 2 aromatic carbocycles. The number of carbonyl (C=O) groups excluding carboxylic acids is 1. The summed E-state index contributed by atoms with van der Waals surface area (Å²) in [6.45, 7) is 5.44. The molecule has 3 heteroatoms. The number of hydrogen-bond donors (Lipinski definition) is 0. The molecule has 0 saturated carbocycles. The number of hydrogen-bond acceptors (Lipinski definition) is 2. The van der Waals surface area contributed by atoms with E-state index in [9.17, 15) is 4.79 Å². The maximum Gasteiger partial charge on any atom is 0.246 e. The minimum atomic E-state index is 0.170. The first kappa shape index (κ1) is 14.6. The van der Waals surface area contributed by atoms with Gasteiger partial charge in [-0.25, -0.2) is 0 Å². The lowest BCUT2D eigenvalue weighted by Gasteiger charge is -2.28. The van der Waals surface area contributed by atoms with E-state index in [2.05, 4.69) is 43.0 Å². The van der Waals surface area contributed by atoms with Crippen LogP contribution in [0.15, 0.2) is 54.6 Å². The molecule has 0 saturated heterocycles. The van der Waals surface area contributed by atoms with Crippen LogP contribution in [0.4, 0.5) is 11.4 Å². The van der Waals surface area contributed by atoms with E-state index in [-0.39, 0.29) is 11.9 Å². The van der Waals surface area contributed by atoms with Gasteiger partial charge in [0.05, 0.1) is 6.54 Å². The average Bonchev–Trinajstić information content (AvgIpc) is 2.89. The number of fused-ring (bicyclic) bond motifs is 1. The van der Waals surface area contributed by atoms with Crippen molar-refractivity contribution in [3.63, 3.8) is 0 Å². The monoisotopic (exact) mass is 294 g/mol. The van der Waals surface area contributed by atoms with Crippen LogP contribution in [0.2, 0.25) is 0 Å². The Balaban J connectivity index is 1.80. The smallest absolute Gasteiger partial charge is 0.246 e. The van der Waals surface area contributed by atoms with Crippen LogP contribution < -0.4 is 9.80 Å². The van der Waals surface area contributed by atoms with Crippen LogP contribution >= 0.6 is 0 Å². The summed E-state index contributed by atoms with van der Waals surface area (Å²) in [7, 11) is 0. The first-order valence-electron chi connectivity index (χ1n) is 7.90. The van der Waals surface area contributed by atoms with Crippen molar-refractivity contribution < 1.29 is 4.79 Å². The number of rotatable bonds is 4. The first-order chi connectivity index (χ1) is 10.7. The second-order valence-electron chi connectivity index (χ2n) is 5.80. The zero-order chi connectivity index (χ0) is 15.5. The molecule has 114 valence electrons. The molecule has 1 aliphatic rings. The maximum absolute atomic E-state index is 12.8. The largest absolute Gasteiger partial charge is 0.362 e. The van der Waals surface area contributed by atoms with Crippen molar-refractivity contribution in [2.24, 2.45) is 0 Å². The highest BCUT2D eigenvalue weighted by Crippen LogP contribution is 2.32. The Morgan fingerprint density at radius 3 is 2.55 bits per heavy atom. The highest BCUT2D eigenvalue weighted by Gasteiger charge is 2.31. The summed E-state index contributed by atoms with van der Waals surface area (Å²) in [4.78, 5) is 16.9. The maximum atomic E-state index is 12.8. The fourth-order valence-corrected chi connectivity index (χ4v) is 3.21. The molecule has 1 unspecified atom stereocenters. The summed E-state index contributed by atoms with van der Waals surface area (Å²) in [5, 5.41) is 0.